The van der Waals surface area contributed by atoms with E-state index in [1.807, 2.05) is 31.3 Å². The van der Waals surface area contributed by atoms with Crippen molar-refractivity contribution < 1.29 is 4.74 Å². The summed E-state index contributed by atoms with van der Waals surface area (Å²) in [5, 5.41) is 10.3. The highest BCUT2D eigenvalue weighted by atomic mass is 35.5. The normalized spacial score (nSPS) is 14.3. The van der Waals surface area contributed by atoms with Crippen molar-refractivity contribution in [2.75, 3.05) is 31.2 Å². The number of ether oxygens (including phenoxy) is 1. The monoisotopic (exact) mass is 487 g/mol. The number of fused-ring (bicyclic) bond motifs is 2. The van der Waals surface area contributed by atoms with Crippen LogP contribution in [0.3, 0.4) is 0 Å². The molecule has 0 radical (unpaired) electrons. The Bertz CT molecular complexity index is 1530. The molecule has 1 aliphatic heterocycles. The van der Waals surface area contributed by atoms with E-state index in [2.05, 4.69) is 54.8 Å². The largest absolute Gasteiger partial charge is 0.378 e. The Morgan fingerprint density at radius 2 is 1.94 bits per heavy atom. The molecular weight excluding hydrogens is 462 g/mol. The van der Waals surface area contributed by atoms with Gasteiger partial charge in [-0.1, -0.05) is 30.7 Å². The molecule has 3 aromatic heterocycles. The second-order valence-electron chi connectivity index (χ2n) is 8.80. The molecule has 5 aromatic rings. The number of anilines is 1. The number of nitrogens with one attached hydrogen (secondary N) is 1. The number of aromatic amines is 1. The van der Waals surface area contributed by atoms with Crippen LogP contribution >= 0.6 is 11.6 Å². The first kappa shape index (κ1) is 22.0. The lowest BCUT2D eigenvalue weighted by molar-refractivity contribution is 0.122. The molecule has 178 valence electrons. The fourth-order valence-electron chi connectivity index (χ4n) is 4.84. The number of nitrogens with zero attached hydrogens (tertiary/aromatic N) is 6. The third-order valence-electron chi connectivity index (χ3n) is 6.46. The summed E-state index contributed by atoms with van der Waals surface area (Å²) < 4.78 is 7.87. The number of para-hydroxylation sites is 1. The molecule has 1 saturated heterocycles. The third kappa shape index (κ3) is 3.83. The summed E-state index contributed by atoms with van der Waals surface area (Å²) in [5.41, 5.74) is 5.78. The van der Waals surface area contributed by atoms with Crippen molar-refractivity contribution in [2.45, 2.75) is 26.7 Å². The van der Waals surface area contributed by atoms with Gasteiger partial charge in [0.2, 0.25) is 0 Å². The van der Waals surface area contributed by atoms with Crippen molar-refractivity contribution >= 4 is 39.2 Å². The van der Waals surface area contributed by atoms with Crippen molar-refractivity contribution in [3.63, 3.8) is 0 Å². The zero-order valence-corrected chi connectivity index (χ0v) is 20.5. The molecule has 1 fully saturated rings. The standard InChI is InChI=1S/C26H26ClN7O/c1-3-5-23-30-25-19(26-29-16(2)31-32-26)14-17(33-10-12-35-13-11-33)15-22(25)34(23)21-8-9-28-24-18(21)6-4-7-20(24)27/h4,6-9,14-15H,3,5,10-13H2,1-2H3,(H,29,31,32). The van der Waals surface area contributed by atoms with Crippen LogP contribution in [-0.2, 0) is 11.2 Å². The molecule has 6 rings (SSSR count). The number of halogens is 1. The molecule has 2 aromatic carbocycles. The van der Waals surface area contributed by atoms with E-state index >= 15 is 0 Å². The molecule has 9 heteroatoms. The summed E-state index contributed by atoms with van der Waals surface area (Å²) in [6.07, 6.45) is 3.62. The van der Waals surface area contributed by atoms with Gasteiger partial charge in [-0.2, -0.15) is 0 Å². The molecule has 1 N–H and O–H groups in total. The zero-order chi connectivity index (χ0) is 23.9. The fraction of sp³-hybridized carbons (Fsp3) is 0.308. The number of pyridine rings is 1. The number of benzene rings is 2. The van der Waals surface area contributed by atoms with Gasteiger partial charge in [0.25, 0.3) is 0 Å². The Hall–Kier alpha value is -3.49. The van der Waals surface area contributed by atoms with E-state index in [0.29, 0.717) is 18.2 Å². The summed E-state index contributed by atoms with van der Waals surface area (Å²) in [7, 11) is 0. The maximum atomic E-state index is 6.52. The van der Waals surface area contributed by atoms with Crippen molar-refractivity contribution in [1.29, 1.82) is 0 Å². The summed E-state index contributed by atoms with van der Waals surface area (Å²) in [4.78, 5) is 15.4. The Kier molecular flexibility index (Phi) is 5.62. The Morgan fingerprint density at radius 3 is 2.71 bits per heavy atom. The minimum atomic E-state index is 0.637. The highest BCUT2D eigenvalue weighted by Crippen LogP contribution is 2.36. The number of morpholine rings is 1. The number of rotatable bonds is 5. The first-order chi connectivity index (χ1) is 17.1. The second-order valence-corrected chi connectivity index (χ2v) is 9.21. The number of imidazole rings is 1. The van der Waals surface area contributed by atoms with Crippen molar-refractivity contribution in [3.05, 3.63) is 59.3 Å². The van der Waals surface area contributed by atoms with Gasteiger partial charge in [-0.25, -0.2) is 4.98 Å². The van der Waals surface area contributed by atoms with Crippen molar-refractivity contribution in [3.8, 4) is 17.1 Å². The predicted octanol–water partition coefficient (Wildman–Crippen LogP) is 5.11. The van der Waals surface area contributed by atoms with Gasteiger partial charge < -0.3 is 14.6 Å². The maximum absolute atomic E-state index is 6.52. The van der Waals surface area contributed by atoms with E-state index in [9.17, 15) is 0 Å². The molecule has 35 heavy (non-hydrogen) atoms. The number of aromatic nitrogens is 6. The minimum Gasteiger partial charge on any atom is -0.378 e. The maximum Gasteiger partial charge on any atom is 0.163 e. The molecule has 0 saturated carbocycles. The summed E-state index contributed by atoms with van der Waals surface area (Å²) in [6.45, 7) is 7.18. The molecule has 0 atom stereocenters. The van der Waals surface area contributed by atoms with Crippen LogP contribution in [0.25, 0.3) is 39.0 Å². The highest BCUT2D eigenvalue weighted by molar-refractivity contribution is 6.35. The lowest BCUT2D eigenvalue weighted by Gasteiger charge is -2.29. The van der Waals surface area contributed by atoms with E-state index in [0.717, 1.165) is 82.3 Å². The van der Waals surface area contributed by atoms with Crippen LogP contribution in [0, 0.1) is 6.92 Å². The molecule has 0 spiro atoms. The average molecular weight is 488 g/mol. The summed E-state index contributed by atoms with van der Waals surface area (Å²) in [6, 6.07) is 12.4. The Labute approximate surface area is 207 Å². The van der Waals surface area contributed by atoms with Crippen LogP contribution < -0.4 is 4.90 Å². The second kappa shape index (κ2) is 8.94. The van der Waals surface area contributed by atoms with E-state index < -0.39 is 0 Å². The third-order valence-corrected chi connectivity index (χ3v) is 6.76. The van der Waals surface area contributed by atoms with Gasteiger partial charge in [-0.3, -0.25) is 9.55 Å². The number of hydrogen-bond acceptors (Lipinski definition) is 6. The van der Waals surface area contributed by atoms with Crippen molar-refractivity contribution in [2.24, 2.45) is 0 Å². The van der Waals surface area contributed by atoms with Crippen LogP contribution in [0.2, 0.25) is 5.02 Å². The Morgan fingerprint density at radius 1 is 1.09 bits per heavy atom. The zero-order valence-electron chi connectivity index (χ0n) is 19.8. The molecule has 1 aliphatic rings. The van der Waals surface area contributed by atoms with E-state index in [4.69, 9.17) is 21.3 Å². The SMILES string of the molecule is CCCc1nc2c(-c3nnc(C)[nH]3)cc(N3CCOCC3)cc2n1-c1ccnc2c(Cl)cccc12. The lowest BCUT2D eigenvalue weighted by Crippen LogP contribution is -2.36. The van der Waals surface area contributed by atoms with Crippen LogP contribution in [0.1, 0.15) is 25.0 Å². The molecular formula is C26H26ClN7O. The number of hydrogen-bond donors (Lipinski definition) is 1. The van der Waals surface area contributed by atoms with Crippen LogP contribution in [-0.4, -0.2) is 56.0 Å². The average Bonchev–Trinajstić information content (AvgIpc) is 3.47. The van der Waals surface area contributed by atoms with Gasteiger partial charge in [-0.15, -0.1) is 10.2 Å². The quantitative estimate of drug-likeness (QED) is 0.371. The van der Waals surface area contributed by atoms with Gasteiger partial charge in [0.05, 0.1) is 35.0 Å². The van der Waals surface area contributed by atoms with Gasteiger partial charge in [0, 0.05) is 42.3 Å². The van der Waals surface area contributed by atoms with Gasteiger partial charge in [0.15, 0.2) is 5.82 Å². The first-order valence-corrected chi connectivity index (χ1v) is 12.3. The highest BCUT2D eigenvalue weighted by Gasteiger charge is 2.22. The molecule has 0 amide bonds. The Balaban J connectivity index is 1.68. The minimum absolute atomic E-state index is 0.637. The smallest absolute Gasteiger partial charge is 0.163 e. The van der Waals surface area contributed by atoms with Gasteiger partial charge in [-0.05, 0) is 37.6 Å². The predicted molar refractivity (Wildman–Crippen MR) is 139 cm³/mol. The molecule has 8 nitrogen and oxygen atoms in total. The number of H-pyrrole nitrogens is 1. The molecule has 0 unspecified atom stereocenters. The summed E-state index contributed by atoms with van der Waals surface area (Å²) in [5.74, 6) is 2.48. The molecule has 0 bridgehead atoms. The molecule has 0 aliphatic carbocycles. The van der Waals surface area contributed by atoms with Crippen molar-refractivity contribution in [1.82, 2.24) is 29.7 Å². The summed E-state index contributed by atoms with van der Waals surface area (Å²) >= 11 is 6.52. The van der Waals surface area contributed by atoms with Gasteiger partial charge in [0.1, 0.15) is 17.2 Å². The van der Waals surface area contributed by atoms with E-state index in [-0.39, 0.29) is 0 Å². The van der Waals surface area contributed by atoms with Crippen LogP contribution in [0.15, 0.2) is 42.6 Å². The van der Waals surface area contributed by atoms with Crippen LogP contribution in [0.4, 0.5) is 5.69 Å². The number of aryl methyl sites for hydroxylation is 2. The van der Waals surface area contributed by atoms with E-state index in [1.165, 1.54) is 0 Å². The first-order valence-electron chi connectivity index (χ1n) is 12.0. The van der Waals surface area contributed by atoms with Crippen LogP contribution in [0.5, 0.6) is 0 Å². The fourth-order valence-corrected chi connectivity index (χ4v) is 5.07. The topological polar surface area (TPSA) is 84.8 Å². The lowest BCUT2D eigenvalue weighted by atomic mass is 10.1. The van der Waals surface area contributed by atoms with E-state index in [1.54, 1.807) is 0 Å². The van der Waals surface area contributed by atoms with Gasteiger partial charge >= 0.3 is 0 Å². The molecule has 4 heterocycles.